The highest BCUT2D eigenvalue weighted by Crippen LogP contribution is 2.52. The standard InChI is InChI=1S/C24H28N2O2/c1-17-6-7-22-21(12-17)23(28)26(16-24(22)9-10-24)15-20(27)14-25-11-8-18-4-2-3-5-19(18)13-25/h2-7,12,20,27H,8-11,13-16H2,1H3. The van der Waals surface area contributed by atoms with Gasteiger partial charge in [0, 0.05) is 43.7 Å². The number of rotatable bonds is 4. The Morgan fingerprint density at radius 2 is 1.89 bits per heavy atom. The predicted octanol–water partition coefficient (Wildman–Crippen LogP) is 2.90. The van der Waals surface area contributed by atoms with Crippen LogP contribution in [-0.4, -0.2) is 53.1 Å². The SMILES string of the molecule is Cc1ccc2c(c1)C(=O)N(CC(O)CN1CCc3ccccc3C1)CC21CC1. The summed E-state index contributed by atoms with van der Waals surface area (Å²) in [6.45, 7) is 5.68. The molecule has 28 heavy (non-hydrogen) atoms. The van der Waals surface area contributed by atoms with Crippen LogP contribution in [0.2, 0.25) is 0 Å². The van der Waals surface area contributed by atoms with Crippen LogP contribution in [0, 0.1) is 6.92 Å². The zero-order valence-electron chi connectivity index (χ0n) is 16.5. The molecular formula is C24H28N2O2. The molecule has 2 aliphatic heterocycles. The molecule has 1 amide bonds. The van der Waals surface area contributed by atoms with Crippen LogP contribution in [0.25, 0.3) is 0 Å². The molecule has 0 bridgehead atoms. The summed E-state index contributed by atoms with van der Waals surface area (Å²) in [6, 6.07) is 14.8. The van der Waals surface area contributed by atoms with Crippen LogP contribution in [-0.2, 0) is 18.4 Å². The van der Waals surface area contributed by atoms with Gasteiger partial charge >= 0.3 is 0 Å². The van der Waals surface area contributed by atoms with E-state index in [1.807, 2.05) is 17.9 Å². The third kappa shape index (κ3) is 3.15. The van der Waals surface area contributed by atoms with Crippen LogP contribution in [0.1, 0.15) is 45.5 Å². The van der Waals surface area contributed by atoms with Crippen molar-refractivity contribution < 1.29 is 9.90 Å². The van der Waals surface area contributed by atoms with Crippen molar-refractivity contribution in [2.24, 2.45) is 0 Å². The van der Waals surface area contributed by atoms with Gasteiger partial charge in [-0.2, -0.15) is 0 Å². The lowest BCUT2D eigenvalue weighted by Gasteiger charge is -2.37. The van der Waals surface area contributed by atoms with E-state index in [0.29, 0.717) is 13.1 Å². The molecule has 2 heterocycles. The maximum Gasteiger partial charge on any atom is 0.254 e. The predicted molar refractivity (Wildman–Crippen MR) is 109 cm³/mol. The zero-order chi connectivity index (χ0) is 19.3. The average Bonchev–Trinajstić information content (AvgIpc) is 3.46. The second-order valence-electron chi connectivity index (χ2n) is 8.92. The molecule has 146 valence electrons. The molecule has 3 aliphatic rings. The Morgan fingerprint density at radius 3 is 2.68 bits per heavy atom. The van der Waals surface area contributed by atoms with E-state index in [9.17, 15) is 9.90 Å². The molecule has 0 aromatic heterocycles. The lowest BCUT2D eigenvalue weighted by Crippen LogP contribution is -2.49. The summed E-state index contributed by atoms with van der Waals surface area (Å²) in [5.74, 6) is 0.0827. The van der Waals surface area contributed by atoms with Crippen LogP contribution in [0.4, 0.5) is 0 Å². The van der Waals surface area contributed by atoms with Gasteiger partial charge < -0.3 is 10.0 Å². The number of fused-ring (bicyclic) bond motifs is 3. The zero-order valence-corrected chi connectivity index (χ0v) is 16.5. The first-order chi connectivity index (χ1) is 13.5. The number of carbonyl (C=O) groups is 1. The molecule has 0 radical (unpaired) electrons. The Morgan fingerprint density at radius 1 is 1.11 bits per heavy atom. The van der Waals surface area contributed by atoms with E-state index < -0.39 is 6.10 Å². The minimum Gasteiger partial charge on any atom is -0.390 e. The van der Waals surface area contributed by atoms with Crippen LogP contribution in [0.5, 0.6) is 0 Å². The summed E-state index contributed by atoms with van der Waals surface area (Å²) < 4.78 is 0. The largest absolute Gasteiger partial charge is 0.390 e. The summed E-state index contributed by atoms with van der Waals surface area (Å²) in [7, 11) is 0. The van der Waals surface area contributed by atoms with E-state index in [2.05, 4.69) is 41.3 Å². The fourth-order valence-corrected chi connectivity index (χ4v) is 5.04. The van der Waals surface area contributed by atoms with Gasteiger partial charge in [-0.15, -0.1) is 0 Å². The highest BCUT2D eigenvalue weighted by atomic mass is 16.3. The molecule has 4 heteroatoms. The van der Waals surface area contributed by atoms with Crippen LogP contribution in [0.15, 0.2) is 42.5 Å². The van der Waals surface area contributed by atoms with Crippen LogP contribution >= 0.6 is 0 Å². The number of hydrogen-bond donors (Lipinski definition) is 1. The Bertz CT molecular complexity index is 919. The van der Waals surface area contributed by atoms with Gasteiger partial charge in [0.15, 0.2) is 0 Å². The van der Waals surface area contributed by atoms with Crippen molar-refractivity contribution in [3.63, 3.8) is 0 Å². The molecule has 2 aromatic rings. The number of aliphatic hydroxyl groups is 1. The molecule has 1 saturated carbocycles. The van der Waals surface area contributed by atoms with Crippen molar-refractivity contribution in [1.82, 2.24) is 9.80 Å². The number of aryl methyl sites for hydroxylation is 1. The topological polar surface area (TPSA) is 43.8 Å². The Balaban J connectivity index is 1.27. The fraction of sp³-hybridized carbons (Fsp3) is 0.458. The summed E-state index contributed by atoms with van der Waals surface area (Å²) in [5.41, 5.74) is 6.11. The molecule has 5 rings (SSSR count). The molecule has 1 atom stereocenters. The Labute approximate surface area is 166 Å². The number of aliphatic hydroxyl groups excluding tert-OH is 1. The van der Waals surface area contributed by atoms with Crippen molar-refractivity contribution in [2.45, 2.75) is 44.2 Å². The molecule has 1 spiro atoms. The van der Waals surface area contributed by atoms with E-state index in [0.717, 1.165) is 50.0 Å². The second-order valence-corrected chi connectivity index (χ2v) is 8.92. The molecule has 1 unspecified atom stereocenters. The van der Waals surface area contributed by atoms with Crippen molar-refractivity contribution >= 4 is 5.91 Å². The van der Waals surface area contributed by atoms with E-state index in [-0.39, 0.29) is 11.3 Å². The molecule has 1 fully saturated rings. The number of β-amino-alcohol motifs (C(OH)–C–C–N with tert-alkyl or cyclic N) is 1. The minimum atomic E-state index is -0.517. The average molecular weight is 377 g/mol. The van der Waals surface area contributed by atoms with Gasteiger partial charge in [-0.05, 0) is 48.9 Å². The first-order valence-electron chi connectivity index (χ1n) is 10.4. The minimum absolute atomic E-state index is 0.0827. The maximum atomic E-state index is 13.1. The Hall–Kier alpha value is -2.17. The summed E-state index contributed by atoms with van der Waals surface area (Å²) in [6.07, 6.45) is 2.80. The second kappa shape index (κ2) is 6.71. The lowest BCUT2D eigenvalue weighted by molar-refractivity contribution is 0.0459. The number of amides is 1. The van der Waals surface area contributed by atoms with Crippen molar-refractivity contribution in [2.75, 3.05) is 26.2 Å². The van der Waals surface area contributed by atoms with E-state index in [1.165, 1.54) is 16.7 Å². The van der Waals surface area contributed by atoms with Crippen LogP contribution in [0.3, 0.4) is 0 Å². The third-order valence-corrected chi connectivity index (χ3v) is 6.72. The number of nitrogens with zero attached hydrogens (tertiary/aromatic N) is 2. The summed E-state index contributed by atoms with van der Waals surface area (Å²) in [4.78, 5) is 17.3. The van der Waals surface area contributed by atoms with Gasteiger partial charge in [0.1, 0.15) is 0 Å². The van der Waals surface area contributed by atoms with Gasteiger partial charge in [-0.25, -0.2) is 0 Å². The van der Waals surface area contributed by atoms with Crippen molar-refractivity contribution in [3.05, 3.63) is 70.3 Å². The lowest BCUT2D eigenvalue weighted by atomic mass is 9.85. The first-order valence-corrected chi connectivity index (χ1v) is 10.4. The van der Waals surface area contributed by atoms with Gasteiger partial charge in [0.05, 0.1) is 6.10 Å². The van der Waals surface area contributed by atoms with Crippen LogP contribution < -0.4 is 0 Å². The van der Waals surface area contributed by atoms with Gasteiger partial charge in [0.2, 0.25) is 0 Å². The number of carbonyl (C=O) groups excluding carboxylic acids is 1. The molecule has 1 N–H and O–H groups in total. The molecule has 1 aliphatic carbocycles. The van der Waals surface area contributed by atoms with E-state index in [1.54, 1.807) is 0 Å². The molecule has 2 aromatic carbocycles. The molecule has 4 nitrogen and oxygen atoms in total. The first kappa shape index (κ1) is 17.9. The third-order valence-electron chi connectivity index (χ3n) is 6.72. The van der Waals surface area contributed by atoms with Gasteiger partial charge in [-0.3, -0.25) is 9.69 Å². The summed E-state index contributed by atoms with van der Waals surface area (Å²) >= 11 is 0. The van der Waals surface area contributed by atoms with Gasteiger partial charge in [-0.1, -0.05) is 42.0 Å². The Kier molecular flexibility index (Phi) is 4.29. The van der Waals surface area contributed by atoms with Gasteiger partial charge in [0.25, 0.3) is 5.91 Å². The fourth-order valence-electron chi connectivity index (χ4n) is 5.04. The highest BCUT2D eigenvalue weighted by molar-refractivity contribution is 5.98. The molecule has 0 saturated heterocycles. The normalized spacial score (nSPS) is 21.4. The summed E-state index contributed by atoms with van der Waals surface area (Å²) in [5, 5.41) is 10.8. The number of hydrogen-bond acceptors (Lipinski definition) is 3. The van der Waals surface area contributed by atoms with E-state index in [4.69, 9.17) is 0 Å². The molecular weight excluding hydrogens is 348 g/mol. The quantitative estimate of drug-likeness (QED) is 0.892. The monoisotopic (exact) mass is 376 g/mol. The maximum absolute atomic E-state index is 13.1. The van der Waals surface area contributed by atoms with Crippen molar-refractivity contribution in [1.29, 1.82) is 0 Å². The highest BCUT2D eigenvalue weighted by Gasteiger charge is 2.51. The smallest absolute Gasteiger partial charge is 0.254 e. The number of benzene rings is 2. The van der Waals surface area contributed by atoms with Crippen molar-refractivity contribution in [3.8, 4) is 0 Å². The van der Waals surface area contributed by atoms with E-state index >= 15 is 0 Å².